The van der Waals surface area contributed by atoms with Gasteiger partial charge in [-0.25, -0.2) is 0 Å². The predicted molar refractivity (Wildman–Crippen MR) is 68.6 cm³/mol. The van der Waals surface area contributed by atoms with Crippen molar-refractivity contribution in [3.63, 3.8) is 0 Å². The Bertz CT molecular complexity index is 438. The van der Waals surface area contributed by atoms with E-state index in [1.165, 1.54) is 0 Å². The average molecular weight is 248 g/mol. The van der Waals surface area contributed by atoms with Crippen LogP contribution >= 0.6 is 12.2 Å². The molecule has 88 valence electrons. The SMILES string of the molecule is O=C(NC(=S)NN1CC=CN1)c1ccccc1. The normalized spacial score (nSPS) is 14.1. The molecule has 0 atom stereocenters. The van der Waals surface area contributed by atoms with Crippen molar-refractivity contribution in [3.05, 3.63) is 48.2 Å². The third-order valence-electron chi connectivity index (χ3n) is 2.14. The van der Waals surface area contributed by atoms with Gasteiger partial charge in [-0.15, -0.1) is 5.12 Å². The molecule has 0 saturated carbocycles. The molecule has 1 aromatic rings. The van der Waals surface area contributed by atoms with Gasteiger partial charge in [0, 0.05) is 11.8 Å². The average Bonchev–Trinajstić information content (AvgIpc) is 2.82. The Morgan fingerprint density at radius 3 is 2.76 bits per heavy atom. The minimum absolute atomic E-state index is 0.227. The molecule has 5 nitrogen and oxygen atoms in total. The summed E-state index contributed by atoms with van der Waals surface area (Å²) >= 11 is 5.01. The highest BCUT2D eigenvalue weighted by Crippen LogP contribution is 1.97. The Morgan fingerprint density at radius 2 is 2.12 bits per heavy atom. The maximum Gasteiger partial charge on any atom is 0.257 e. The van der Waals surface area contributed by atoms with E-state index >= 15 is 0 Å². The Labute approximate surface area is 104 Å². The molecule has 0 spiro atoms. The summed E-state index contributed by atoms with van der Waals surface area (Å²) < 4.78 is 0. The zero-order valence-corrected chi connectivity index (χ0v) is 9.83. The lowest BCUT2D eigenvalue weighted by Crippen LogP contribution is -2.51. The number of hydrogen-bond acceptors (Lipinski definition) is 4. The van der Waals surface area contributed by atoms with Gasteiger partial charge in [-0.05, 0) is 30.4 Å². The van der Waals surface area contributed by atoms with E-state index in [1.54, 1.807) is 35.6 Å². The fraction of sp³-hybridized carbons (Fsp3) is 0.0909. The minimum atomic E-state index is -0.227. The second kappa shape index (κ2) is 5.42. The standard InChI is InChI=1S/C11H12N4OS/c16-10(9-5-2-1-3-6-9)13-11(17)14-15-8-4-7-12-15/h1-7,12H,8H2,(H2,13,14,16,17). The lowest BCUT2D eigenvalue weighted by molar-refractivity contribution is 0.0973. The first-order valence-electron chi connectivity index (χ1n) is 5.11. The number of hydrazine groups is 2. The summed E-state index contributed by atoms with van der Waals surface area (Å²) in [5, 5.41) is 4.51. The molecule has 0 fully saturated rings. The summed E-state index contributed by atoms with van der Waals surface area (Å²) in [6.07, 6.45) is 3.71. The Balaban J connectivity index is 1.84. The van der Waals surface area contributed by atoms with Gasteiger partial charge < -0.3 is 5.43 Å². The largest absolute Gasteiger partial charge is 0.309 e. The number of amides is 1. The van der Waals surface area contributed by atoms with Crippen molar-refractivity contribution in [2.75, 3.05) is 6.54 Å². The van der Waals surface area contributed by atoms with Gasteiger partial charge in [0.2, 0.25) is 0 Å². The highest BCUT2D eigenvalue weighted by molar-refractivity contribution is 7.80. The van der Waals surface area contributed by atoms with Crippen LogP contribution in [-0.4, -0.2) is 22.7 Å². The van der Waals surface area contributed by atoms with Crippen molar-refractivity contribution < 1.29 is 4.79 Å². The second-order valence-corrected chi connectivity index (χ2v) is 3.81. The number of benzene rings is 1. The molecule has 1 aliphatic heterocycles. The predicted octanol–water partition coefficient (Wildman–Crippen LogP) is 0.540. The molecule has 1 amide bonds. The summed E-state index contributed by atoms with van der Waals surface area (Å²) in [5.74, 6) is -0.227. The first kappa shape index (κ1) is 11.6. The summed E-state index contributed by atoms with van der Waals surface area (Å²) in [5.41, 5.74) is 6.32. The molecule has 2 rings (SSSR count). The second-order valence-electron chi connectivity index (χ2n) is 3.40. The van der Waals surface area contributed by atoms with Crippen LogP contribution in [0.1, 0.15) is 10.4 Å². The Hall–Kier alpha value is -1.92. The van der Waals surface area contributed by atoms with Crippen LogP contribution < -0.4 is 16.2 Å². The fourth-order valence-corrected chi connectivity index (χ4v) is 1.55. The monoisotopic (exact) mass is 248 g/mol. The van der Waals surface area contributed by atoms with Crippen molar-refractivity contribution in [3.8, 4) is 0 Å². The van der Waals surface area contributed by atoms with E-state index in [2.05, 4.69) is 16.2 Å². The maximum atomic E-state index is 11.7. The van der Waals surface area contributed by atoms with E-state index in [9.17, 15) is 4.79 Å². The fourth-order valence-electron chi connectivity index (χ4n) is 1.35. The molecular formula is C11H12N4OS. The van der Waals surface area contributed by atoms with Gasteiger partial charge in [0.05, 0.1) is 6.54 Å². The smallest absolute Gasteiger partial charge is 0.257 e. The van der Waals surface area contributed by atoms with E-state index in [0.29, 0.717) is 12.1 Å². The van der Waals surface area contributed by atoms with Crippen LogP contribution in [0, 0.1) is 0 Å². The highest BCUT2D eigenvalue weighted by atomic mass is 32.1. The number of nitrogens with zero attached hydrogens (tertiary/aromatic N) is 1. The van der Waals surface area contributed by atoms with Gasteiger partial charge >= 0.3 is 0 Å². The topological polar surface area (TPSA) is 56.4 Å². The number of carbonyl (C=O) groups excluding carboxylic acids is 1. The molecule has 0 saturated heterocycles. The Kier molecular flexibility index (Phi) is 3.69. The van der Waals surface area contributed by atoms with Gasteiger partial charge in [0.1, 0.15) is 0 Å². The summed E-state index contributed by atoms with van der Waals surface area (Å²) in [6, 6.07) is 8.92. The van der Waals surface area contributed by atoms with Crippen LogP contribution in [-0.2, 0) is 0 Å². The zero-order chi connectivity index (χ0) is 12.1. The molecule has 0 aromatic heterocycles. The third-order valence-corrected chi connectivity index (χ3v) is 2.33. The van der Waals surface area contributed by atoms with Gasteiger partial charge in [0.15, 0.2) is 5.11 Å². The lowest BCUT2D eigenvalue weighted by Gasteiger charge is -2.18. The Morgan fingerprint density at radius 1 is 1.35 bits per heavy atom. The summed E-state index contributed by atoms with van der Waals surface area (Å²) in [7, 11) is 0. The molecule has 0 radical (unpaired) electrons. The first-order valence-corrected chi connectivity index (χ1v) is 5.52. The molecule has 17 heavy (non-hydrogen) atoms. The van der Waals surface area contributed by atoms with E-state index in [-0.39, 0.29) is 11.0 Å². The van der Waals surface area contributed by atoms with Gasteiger partial charge in [0.25, 0.3) is 5.91 Å². The molecule has 0 unspecified atom stereocenters. The van der Waals surface area contributed by atoms with Crippen LogP contribution in [0.3, 0.4) is 0 Å². The molecule has 0 bridgehead atoms. The summed E-state index contributed by atoms with van der Waals surface area (Å²) in [4.78, 5) is 11.7. The summed E-state index contributed by atoms with van der Waals surface area (Å²) in [6.45, 7) is 0.682. The lowest BCUT2D eigenvalue weighted by atomic mass is 10.2. The first-order chi connectivity index (χ1) is 8.25. The van der Waals surface area contributed by atoms with Crippen LogP contribution in [0.2, 0.25) is 0 Å². The van der Waals surface area contributed by atoms with E-state index < -0.39 is 0 Å². The van der Waals surface area contributed by atoms with Crippen molar-refractivity contribution in [1.82, 2.24) is 21.3 Å². The van der Waals surface area contributed by atoms with Gasteiger partial charge in [-0.3, -0.25) is 15.5 Å². The van der Waals surface area contributed by atoms with Crippen molar-refractivity contribution in [2.24, 2.45) is 0 Å². The van der Waals surface area contributed by atoms with Crippen LogP contribution in [0.15, 0.2) is 42.6 Å². The minimum Gasteiger partial charge on any atom is -0.309 e. The maximum absolute atomic E-state index is 11.7. The van der Waals surface area contributed by atoms with Crippen molar-refractivity contribution in [2.45, 2.75) is 0 Å². The highest BCUT2D eigenvalue weighted by Gasteiger charge is 2.10. The van der Waals surface area contributed by atoms with Gasteiger partial charge in [-0.1, -0.05) is 18.2 Å². The number of carbonyl (C=O) groups is 1. The van der Waals surface area contributed by atoms with E-state index in [4.69, 9.17) is 12.2 Å². The van der Waals surface area contributed by atoms with Crippen molar-refractivity contribution in [1.29, 1.82) is 0 Å². The molecule has 6 heteroatoms. The molecule has 1 aromatic carbocycles. The number of rotatable bonds is 2. The van der Waals surface area contributed by atoms with Crippen LogP contribution in [0.4, 0.5) is 0 Å². The van der Waals surface area contributed by atoms with Crippen LogP contribution in [0.5, 0.6) is 0 Å². The molecule has 1 heterocycles. The molecular weight excluding hydrogens is 236 g/mol. The third kappa shape index (κ3) is 3.27. The van der Waals surface area contributed by atoms with E-state index in [1.807, 2.05) is 12.1 Å². The molecule has 1 aliphatic rings. The number of nitrogens with one attached hydrogen (secondary N) is 3. The van der Waals surface area contributed by atoms with Crippen molar-refractivity contribution >= 4 is 23.2 Å². The molecule has 0 aliphatic carbocycles. The number of hydrogen-bond donors (Lipinski definition) is 3. The zero-order valence-electron chi connectivity index (χ0n) is 9.01. The van der Waals surface area contributed by atoms with E-state index in [0.717, 1.165) is 0 Å². The van der Waals surface area contributed by atoms with Crippen LogP contribution in [0.25, 0.3) is 0 Å². The molecule has 3 N–H and O–H groups in total. The number of thiocarbonyl (C=S) groups is 1. The quantitative estimate of drug-likeness (QED) is 0.667. The van der Waals surface area contributed by atoms with Gasteiger partial charge in [-0.2, -0.15) is 0 Å².